The van der Waals surface area contributed by atoms with Crippen LogP contribution in [-0.2, 0) is 0 Å². The Hall–Kier alpha value is -0.703. The maximum Gasteiger partial charge on any atom is 0 e. The Morgan fingerprint density at radius 3 is 2.45 bits per heavy atom. The van der Waals surface area contributed by atoms with E-state index in [1.54, 1.807) is 0 Å². The average Bonchev–Trinajstić information content (AvgIpc) is 2.05. The van der Waals surface area contributed by atoms with Crippen LogP contribution in [0.15, 0.2) is 42.5 Å². The van der Waals surface area contributed by atoms with Crippen LogP contribution < -0.4 is 0 Å². The third-order valence-corrected chi connectivity index (χ3v) is 1.57. The van der Waals surface area contributed by atoms with Gasteiger partial charge in [0.1, 0.15) is 0 Å². The molecule has 0 aliphatic heterocycles. The Kier molecular flexibility index (Phi) is 2.76. The molecule has 0 aromatic heterocycles. The number of hydrogen-bond donors (Lipinski definition) is 0. The van der Waals surface area contributed by atoms with Crippen molar-refractivity contribution in [2.24, 2.45) is 0 Å². The Balaban J connectivity index is 0.000000605. The molecule has 0 N–H and O–H groups in total. The van der Waals surface area contributed by atoms with Gasteiger partial charge in [-0.3, -0.25) is 0 Å². The van der Waals surface area contributed by atoms with E-state index in [0.29, 0.717) is 0 Å². The second-order valence-corrected chi connectivity index (χ2v) is 2.26. The predicted molar refractivity (Wildman–Crippen MR) is 48.5 cm³/mol. The summed E-state index contributed by atoms with van der Waals surface area (Å²) in [7, 11) is 0. The van der Waals surface area contributed by atoms with Crippen molar-refractivity contribution in [3.05, 3.63) is 48.5 Å². The molecule has 0 spiro atoms. The van der Waals surface area contributed by atoms with Gasteiger partial charge in [0, 0.05) is 18.9 Å². The minimum atomic E-state index is 0. The summed E-state index contributed by atoms with van der Waals surface area (Å²) in [6, 6.07) is 17.4. The molecule has 2 rings (SSSR count). The molecule has 0 aliphatic rings. The van der Waals surface area contributed by atoms with E-state index in [1.165, 1.54) is 10.8 Å². The third-order valence-electron chi connectivity index (χ3n) is 1.57. The Labute approximate surface area is 78.4 Å². The van der Waals surface area contributed by atoms with Gasteiger partial charge in [0.05, 0.1) is 0 Å². The van der Waals surface area contributed by atoms with Crippen LogP contribution in [0.1, 0.15) is 0 Å². The number of benzene rings is 2. The summed E-state index contributed by atoms with van der Waals surface area (Å²) < 4.78 is 0. The number of hydrogen-bond acceptors (Lipinski definition) is 0. The van der Waals surface area contributed by atoms with Gasteiger partial charge < -0.3 is 0 Å². The van der Waals surface area contributed by atoms with E-state index < -0.39 is 0 Å². The fraction of sp³-hybridized carbons (Fsp3) is 0. The third kappa shape index (κ3) is 1.65. The van der Waals surface area contributed by atoms with Gasteiger partial charge in [-0.2, -0.15) is 0 Å². The zero-order chi connectivity index (χ0) is 6.81. The maximum atomic E-state index is 3.15. The van der Waals surface area contributed by atoms with Crippen molar-refractivity contribution in [3.8, 4) is 0 Å². The van der Waals surface area contributed by atoms with Gasteiger partial charge in [-0.1, -0.05) is 12.1 Å². The van der Waals surface area contributed by atoms with Gasteiger partial charge in [-0.15, -0.1) is 47.2 Å². The molecule has 0 bridgehead atoms. The Morgan fingerprint density at radius 1 is 0.909 bits per heavy atom. The molecule has 1 heteroatoms. The van der Waals surface area contributed by atoms with Crippen molar-refractivity contribution < 1.29 is 0 Å². The normalized spacial score (nSPS) is 9.09. The molecule has 0 aliphatic carbocycles. The van der Waals surface area contributed by atoms with Gasteiger partial charge in [0.15, 0.2) is 0 Å². The van der Waals surface area contributed by atoms with Gasteiger partial charge in [0.25, 0.3) is 0 Å². The van der Waals surface area contributed by atoms with Crippen LogP contribution >= 0.6 is 0 Å². The Morgan fingerprint density at radius 2 is 1.64 bits per heavy atom. The summed E-state index contributed by atoms with van der Waals surface area (Å²) in [4.78, 5) is 0. The second-order valence-electron chi connectivity index (χ2n) is 2.26. The molecule has 49 valence electrons. The topological polar surface area (TPSA) is 0 Å². The summed E-state index contributed by atoms with van der Waals surface area (Å²) >= 11 is 0. The zero-order valence-corrected chi connectivity index (χ0v) is 6.54. The maximum absolute atomic E-state index is 3.15. The van der Waals surface area contributed by atoms with E-state index in [0.717, 1.165) is 0 Å². The van der Waals surface area contributed by atoms with Crippen molar-refractivity contribution in [1.82, 2.24) is 0 Å². The zero-order valence-electron chi connectivity index (χ0n) is 6.54. The summed E-state index contributed by atoms with van der Waals surface area (Å²) in [6.45, 7) is 0. The van der Waals surface area contributed by atoms with Gasteiger partial charge in [-0.25, -0.2) is 0 Å². The first-order chi connectivity index (χ1) is 4.97. The minimum absolute atomic E-state index is 0. The quantitative estimate of drug-likeness (QED) is 0.383. The fourth-order valence-electron chi connectivity index (χ4n) is 1.06. The molecule has 0 saturated heterocycles. The summed E-state index contributed by atoms with van der Waals surface area (Å²) in [5, 5.41) is 2.44. The second kappa shape index (κ2) is 3.62. The molecule has 0 heterocycles. The first-order valence-corrected chi connectivity index (χ1v) is 3.32. The van der Waals surface area contributed by atoms with Crippen molar-refractivity contribution in [2.45, 2.75) is 0 Å². The molecule has 0 amide bonds. The molecular weight excluding hydrogens is 127 g/mol. The van der Waals surface area contributed by atoms with E-state index in [4.69, 9.17) is 0 Å². The molecule has 0 fully saturated rings. The largest absolute Gasteiger partial charge is 0.147 e. The standard InChI is InChI=1S/C10H7.Li/c1-2-6-10-8-4-3-7-9(10)5-1;/h1-7H;/q-1;. The summed E-state index contributed by atoms with van der Waals surface area (Å²) in [5.41, 5.74) is 0. The monoisotopic (exact) mass is 134 g/mol. The van der Waals surface area contributed by atoms with Crippen LogP contribution in [-0.4, -0.2) is 18.9 Å². The smallest absolute Gasteiger partial charge is 0 e. The van der Waals surface area contributed by atoms with Gasteiger partial charge in [0.2, 0.25) is 0 Å². The molecule has 11 heavy (non-hydrogen) atoms. The molecule has 0 nitrogen and oxygen atoms in total. The first kappa shape index (κ1) is 8.39. The van der Waals surface area contributed by atoms with Crippen LogP contribution in [0.25, 0.3) is 10.8 Å². The summed E-state index contributed by atoms with van der Waals surface area (Å²) in [6.07, 6.45) is 0. The minimum Gasteiger partial charge on any atom is -0.147 e. The van der Waals surface area contributed by atoms with E-state index in [9.17, 15) is 0 Å². The van der Waals surface area contributed by atoms with Crippen molar-refractivity contribution in [2.75, 3.05) is 0 Å². The first-order valence-electron chi connectivity index (χ1n) is 3.32. The van der Waals surface area contributed by atoms with Crippen molar-refractivity contribution in [1.29, 1.82) is 0 Å². The molecular formula is C10H7Li-. The summed E-state index contributed by atoms with van der Waals surface area (Å²) in [5.74, 6) is 0. The molecule has 2 aromatic carbocycles. The van der Waals surface area contributed by atoms with Crippen LogP contribution in [0.4, 0.5) is 0 Å². The van der Waals surface area contributed by atoms with Crippen LogP contribution in [0, 0.1) is 6.07 Å². The van der Waals surface area contributed by atoms with E-state index in [-0.39, 0.29) is 18.9 Å². The van der Waals surface area contributed by atoms with Gasteiger partial charge in [-0.05, 0) is 0 Å². The predicted octanol–water partition coefficient (Wildman–Crippen LogP) is 2.26. The van der Waals surface area contributed by atoms with E-state index >= 15 is 0 Å². The number of fused-ring (bicyclic) bond motifs is 1. The molecule has 0 unspecified atom stereocenters. The van der Waals surface area contributed by atoms with E-state index in [2.05, 4.69) is 24.3 Å². The van der Waals surface area contributed by atoms with Crippen LogP contribution in [0.5, 0.6) is 0 Å². The molecule has 0 saturated carbocycles. The van der Waals surface area contributed by atoms with Crippen LogP contribution in [0.3, 0.4) is 0 Å². The van der Waals surface area contributed by atoms with Gasteiger partial charge >= 0.3 is 0 Å². The SMILES string of the molecule is [Li].[c-]1cccc2ccccc12. The molecule has 1 radical (unpaired) electrons. The molecule has 2 aromatic rings. The van der Waals surface area contributed by atoms with Crippen molar-refractivity contribution in [3.63, 3.8) is 0 Å². The molecule has 0 atom stereocenters. The average molecular weight is 134 g/mol. The number of rotatable bonds is 0. The fourth-order valence-corrected chi connectivity index (χ4v) is 1.06. The van der Waals surface area contributed by atoms with E-state index in [1.807, 2.05) is 24.3 Å². The van der Waals surface area contributed by atoms with Crippen molar-refractivity contribution >= 4 is 29.6 Å². The van der Waals surface area contributed by atoms with Crippen LogP contribution in [0.2, 0.25) is 0 Å². The Bertz CT molecular complexity index is 276.